The molecule has 0 amide bonds. The molecule has 20 heavy (non-hydrogen) atoms. The first kappa shape index (κ1) is 13.4. The molecule has 1 aromatic carbocycles. The Balaban J connectivity index is 1.66. The molecule has 0 bridgehead atoms. The maximum Gasteiger partial charge on any atom is 0.315 e. The molecule has 108 valence electrons. The van der Waals surface area contributed by atoms with Gasteiger partial charge < -0.3 is 14.8 Å². The van der Waals surface area contributed by atoms with E-state index in [9.17, 15) is 4.79 Å². The highest BCUT2D eigenvalue weighted by Gasteiger charge is 2.33. The quantitative estimate of drug-likeness (QED) is 0.843. The van der Waals surface area contributed by atoms with Crippen LogP contribution in [0.1, 0.15) is 38.2 Å². The van der Waals surface area contributed by atoms with Gasteiger partial charge in [-0.1, -0.05) is 18.2 Å². The number of para-hydroxylation sites is 1. The molecule has 0 saturated carbocycles. The van der Waals surface area contributed by atoms with Gasteiger partial charge in [-0.2, -0.15) is 0 Å². The summed E-state index contributed by atoms with van der Waals surface area (Å²) in [6, 6.07) is 7.93. The van der Waals surface area contributed by atoms with Crippen LogP contribution >= 0.6 is 0 Å². The first-order chi connectivity index (χ1) is 9.63. The molecule has 1 saturated heterocycles. The molecule has 0 aromatic heterocycles. The summed E-state index contributed by atoms with van der Waals surface area (Å²) in [5, 5.41) is 3.26. The van der Waals surface area contributed by atoms with Crippen LogP contribution < -0.4 is 5.32 Å². The van der Waals surface area contributed by atoms with Crippen LogP contribution in [0.4, 0.5) is 5.69 Å². The van der Waals surface area contributed by atoms with Crippen molar-refractivity contribution in [1.29, 1.82) is 0 Å². The van der Waals surface area contributed by atoms with E-state index in [0.29, 0.717) is 6.54 Å². The molecule has 0 spiro atoms. The van der Waals surface area contributed by atoms with E-state index in [0.717, 1.165) is 24.1 Å². The zero-order valence-electron chi connectivity index (χ0n) is 12.0. The van der Waals surface area contributed by atoms with Crippen LogP contribution in [-0.2, 0) is 14.3 Å². The fourth-order valence-corrected chi connectivity index (χ4v) is 3.18. The molecule has 4 heteroatoms. The SMILES string of the molecule is CC1CC(OC(=O)C2CNc3ccccc32)CC(C)O1. The lowest BCUT2D eigenvalue weighted by atomic mass is 10.00. The number of fused-ring (bicyclic) bond motifs is 1. The Bertz CT molecular complexity index is 492. The number of carbonyl (C=O) groups excluding carboxylic acids is 1. The van der Waals surface area contributed by atoms with Crippen molar-refractivity contribution in [2.75, 3.05) is 11.9 Å². The maximum atomic E-state index is 12.4. The number of ether oxygens (including phenoxy) is 2. The number of esters is 1. The van der Waals surface area contributed by atoms with Gasteiger partial charge in [0.25, 0.3) is 0 Å². The molecule has 4 nitrogen and oxygen atoms in total. The van der Waals surface area contributed by atoms with Crippen LogP contribution in [0.2, 0.25) is 0 Å². The largest absolute Gasteiger partial charge is 0.462 e. The lowest BCUT2D eigenvalue weighted by Gasteiger charge is -2.32. The summed E-state index contributed by atoms with van der Waals surface area (Å²) in [6.07, 6.45) is 1.88. The summed E-state index contributed by atoms with van der Waals surface area (Å²) in [6.45, 7) is 4.69. The number of benzene rings is 1. The van der Waals surface area contributed by atoms with E-state index >= 15 is 0 Å². The van der Waals surface area contributed by atoms with Crippen molar-refractivity contribution >= 4 is 11.7 Å². The summed E-state index contributed by atoms with van der Waals surface area (Å²) in [5.74, 6) is -0.298. The minimum atomic E-state index is -0.181. The van der Waals surface area contributed by atoms with Gasteiger partial charge in [0.05, 0.1) is 12.2 Å². The average molecular weight is 275 g/mol. The number of nitrogens with one attached hydrogen (secondary N) is 1. The molecule has 2 aliphatic rings. The molecule has 3 atom stereocenters. The van der Waals surface area contributed by atoms with Crippen molar-refractivity contribution in [2.45, 2.75) is 50.9 Å². The summed E-state index contributed by atoms with van der Waals surface area (Å²) < 4.78 is 11.4. The molecule has 3 unspecified atom stereocenters. The molecule has 0 aliphatic carbocycles. The average Bonchev–Trinajstić information content (AvgIpc) is 2.81. The highest BCUT2D eigenvalue weighted by Crippen LogP contribution is 2.33. The van der Waals surface area contributed by atoms with E-state index in [2.05, 4.69) is 5.32 Å². The van der Waals surface area contributed by atoms with Gasteiger partial charge in [-0.15, -0.1) is 0 Å². The van der Waals surface area contributed by atoms with Gasteiger partial charge in [0.1, 0.15) is 12.0 Å². The molecule has 0 radical (unpaired) electrons. The number of hydrogen-bond donors (Lipinski definition) is 1. The van der Waals surface area contributed by atoms with Crippen molar-refractivity contribution in [3.05, 3.63) is 29.8 Å². The van der Waals surface area contributed by atoms with E-state index in [-0.39, 0.29) is 30.2 Å². The summed E-state index contributed by atoms with van der Waals surface area (Å²) >= 11 is 0. The highest BCUT2D eigenvalue weighted by atomic mass is 16.6. The Morgan fingerprint density at radius 1 is 1.25 bits per heavy atom. The van der Waals surface area contributed by atoms with Gasteiger partial charge in [-0.25, -0.2) is 0 Å². The Kier molecular flexibility index (Phi) is 3.66. The first-order valence-corrected chi connectivity index (χ1v) is 7.32. The molecule has 1 aromatic rings. The van der Waals surface area contributed by atoms with Gasteiger partial charge in [-0.05, 0) is 25.5 Å². The highest BCUT2D eigenvalue weighted by molar-refractivity contribution is 5.84. The predicted octanol–water partition coefficient (Wildman–Crippen LogP) is 2.69. The molecule has 3 rings (SSSR count). The zero-order valence-corrected chi connectivity index (χ0v) is 12.0. The lowest BCUT2D eigenvalue weighted by molar-refractivity contribution is -0.161. The van der Waals surface area contributed by atoms with Crippen LogP contribution in [-0.4, -0.2) is 30.8 Å². The van der Waals surface area contributed by atoms with E-state index in [1.807, 2.05) is 38.1 Å². The summed E-state index contributed by atoms with van der Waals surface area (Å²) in [5.41, 5.74) is 2.09. The molecule has 1 fully saturated rings. The third-order valence-electron chi connectivity index (χ3n) is 4.05. The molecular formula is C16H21NO3. The Hall–Kier alpha value is -1.55. The predicted molar refractivity (Wildman–Crippen MR) is 76.8 cm³/mol. The minimum Gasteiger partial charge on any atom is -0.462 e. The monoisotopic (exact) mass is 275 g/mol. The Morgan fingerprint density at radius 2 is 1.95 bits per heavy atom. The van der Waals surface area contributed by atoms with Gasteiger partial charge in [0.15, 0.2) is 0 Å². The van der Waals surface area contributed by atoms with E-state index in [1.54, 1.807) is 0 Å². The second kappa shape index (κ2) is 5.44. The van der Waals surface area contributed by atoms with Crippen molar-refractivity contribution in [3.63, 3.8) is 0 Å². The molecule has 2 aliphatic heterocycles. The number of carbonyl (C=O) groups is 1. The van der Waals surface area contributed by atoms with Gasteiger partial charge in [-0.3, -0.25) is 4.79 Å². The van der Waals surface area contributed by atoms with Crippen molar-refractivity contribution < 1.29 is 14.3 Å². The fraction of sp³-hybridized carbons (Fsp3) is 0.562. The second-order valence-electron chi connectivity index (χ2n) is 5.81. The molecule has 2 heterocycles. The Labute approximate surface area is 119 Å². The third-order valence-corrected chi connectivity index (χ3v) is 4.05. The van der Waals surface area contributed by atoms with Gasteiger partial charge >= 0.3 is 5.97 Å². The lowest BCUT2D eigenvalue weighted by Crippen LogP contribution is -2.36. The summed E-state index contributed by atoms with van der Waals surface area (Å²) in [7, 11) is 0. The van der Waals surface area contributed by atoms with E-state index in [4.69, 9.17) is 9.47 Å². The third kappa shape index (κ3) is 2.66. The number of rotatable bonds is 2. The van der Waals surface area contributed by atoms with Crippen molar-refractivity contribution in [2.24, 2.45) is 0 Å². The molecular weight excluding hydrogens is 254 g/mol. The zero-order chi connectivity index (χ0) is 14.1. The van der Waals surface area contributed by atoms with Crippen LogP contribution in [0.25, 0.3) is 0 Å². The van der Waals surface area contributed by atoms with Crippen LogP contribution in [0.5, 0.6) is 0 Å². The van der Waals surface area contributed by atoms with Crippen LogP contribution in [0, 0.1) is 0 Å². The second-order valence-corrected chi connectivity index (χ2v) is 5.81. The maximum absolute atomic E-state index is 12.4. The van der Waals surface area contributed by atoms with Gasteiger partial charge in [0, 0.05) is 25.1 Å². The number of hydrogen-bond acceptors (Lipinski definition) is 4. The van der Waals surface area contributed by atoms with Gasteiger partial charge in [0.2, 0.25) is 0 Å². The van der Waals surface area contributed by atoms with Crippen LogP contribution in [0.3, 0.4) is 0 Å². The van der Waals surface area contributed by atoms with E-state index < -0.39 is 0 Å². The fourth-order valence-electron chi connectivity index (χ4n) is 3.18. The van der Waals surface area contributed by atoms with E-state index in [1.165, 1.54) is 0 Å². The normalized spacial score (nSPS) is 32.3. The van der Waals surface area contributed by atoms with Crippen LogP contribution in [0.15, 0.2) is 24.3 Å². The summed E-state index contributed by atoms with van der Waals surface area (Å²) in [4.78, 5) is 12.4. The molecule has 1 N–H and O–H groups in total. The smallest absolute Gasteiger partial charge is 0.315 e. The Morgan fingerprint density at radius 3 is 2.70 bits per heavy atom. The first-order valence-electron chi connectivity index (χ1n) is 7.32. The minimum absolute atomic E-state index is 0.0194. The number of anilines is 1. The van der Waals surface area contributed by atoms with Crippen molar-refractivity contribution in [1.82, 2.24) is 0 Å². The standard InChI is InChI=1S/C16H21NO3/c1-10-7-12(8-11(2)19-10)20-16(18)14-9-17-15-6-4-3-5-13(14)15/h3-6,10-12,14,17H,7-9H2,1-2H3. The topological polar surface area (TPSA) is 47.6 Å². The van der Waals surface area contributed by atoms with Crippen molar-refractivity contribution in [3.8, 4) is 0 Å².